The lowest BCUT2D eigenvalue weighted by atomic mass is 10.2. The molecular formula is C13H14ClF3N2O. The second-order valence-corrected chi connectivity index (χ2v) is 4.80. The van der Waals surface area contributed by atoms with Crippen LogP contribution in [0, 0.1) is 5.92 Å². The number of anilines is 1. The number of benzene rings is 1. The molecule has 0 spiro atoms. The van der Waals surface area contributed by atoms with Gasteiger partial charge in [0, 0.05) is 11.9 Å². The van der Waals surface area contributed by atoms with Crippen molar-refractivity contribution in [3.8, 4) is 0 Å². The van der Waals surface area contributed by atoms with Crippen molar-refractivity contribution < 1.29 is 18.0 Å². The van der Waals surface area contributed by atoms with Gasteiger partial charge < -0.3 is 10.6 Å². The highest BCUT2D eigenvalue weighted by atomic mass is 35.5. The standard InChI is InChI=1S/C13H14ClF3N2O/c1-8(2)5-6-18-12(20)19-9-3-4-11(14)10(7-9)13(15,16)17/h3-8H,1-2H3,(H2,18,19,20)/b6-5+. The summed E-state index contributed by atoms with van der Waals surface area (Å²) in [4.78, 5) is 11.5. The number of halogens is 4. The smallest absolute Gasteiger partial charge is 0.315 e. The molecule has 110 valence electrons. The molecule has 0 fully saturated rings. The summed E-state index contributed by atoms with van der Waals surface area (Å²) in [5, 5.41) is 4.27. The van der Waals surface area contributed by atoms with Gasteiger partial charge in [-0.15, -0.1) is 0 Å². The summed E-state index contributed by atoms with van der Waals surface area (Å²) in [7, 11) is 0. The van der Waals surface area contributed by atoms with Crippen LogP contribution in [0.15, 0.2) is 30.5 Å². The van der Waals surface area contributed by atoms with E-state index in [2.05, 4.69) is 10.6 Å². The van der Waals surface area contributed by atoms with E-state index in [1.54, 1.807) is 6.08 Å². The molecular weight excluding hydrogens is 293 g/mol. The third kappa shape index (κ3) is 5.13. The van der Waals surface area contributed by atoms with Crippen molar-refractivity contribution in [2.75, 3.05) is 5.32 Å². The minimum atomic E-state index is -4.57. The Balaban J connectivity index is 2.76. The highest BCUT2D eigenvalue weighted by molar-refractivity contribution is 6.31. The lowest BCUT2D eigenvalue weighted by molar-refractivity contribution is -0.137. The Bertz CT molecular complexity index is 513. The van der Waals surface area contributed by atoms with Gasteiger partial charge in [-0.05, 0) is 24.1 Å². The largest absolute Gasteiger partial charge is 0.417 e. The maximum Gasteiger partial charge on any atom is 0.417 e. The molecule has 0 aromatic heterocycles. The molecule has 1 rings (SSSR count). The second kappa shape index (κ2) is 6.65. The highest BCUT2D eigenvalue weighted by Crippen LogP contribution is 2.36. The molecule has 0 aliphatic heterocycles. The zero-order chi connectivity index (χ0) is 15.3. The molecule has 0 bridgehead atoms. The fourth-order valence-electron chi connectivity index (χ4n) is 1.30. The van der Waals surface area contributed by atoms with Gasteiger partial charge in [-0.25, -0.2) is 4.79 Å². The minimum Gasteiger partial charge on any atom is -0.315 e. The molecule has 0 unspecified atom stereocenters. The van der Waals surface area contributed by atoms with E-state index < -0.39 is 22.8 Å². The molecule has 7 heteroatoms. The van der Waals surface area contributed by atoms with Crippen molar-refractivity contribution in [1.29, 1.82) is 0 Å². The van der Waals surface area contributed by atoms with E-state index in [4.69, 9.17) is 11.6 Å². The van der Waals surface area contributed by atoms with Gasteiger partial charge in [0.15, 0.2) is 0 Å². The molecule has 2 N–H and O–H groups in total. The van der Waals surface area contributed by atoms with E-state index >= 15 is 0 Å². The Morgan fingerprint density at radius 1 is 1.35 bits per heavy atom. The molecule has 3 nitrogen and oxygen atoms in total. The van der Waals surface area contributed by atoms with E-state index in [0.29, 0.717) is 0 Å². The molecule has 0 saturated carbocycles. The molecule has 0 heterocycles. The maximum atomic E-state index is 12.6. The molecule has 20 heavy (non-hydrogen) atoms. The fraction of sp³-hybridized carbons (Fsp3) is 0.308. The molecule has 0 radical (unpaired) electrons. The second-order valence-electron chi connectivity index (χ2n) is 4.39. The first-order valence-electron chi connectivity index (χ1n) is 5.81. The van der Waals surface area contributed by atoms with Gasteiger partial charge in [0.25, 0.3) is 0 Å². The van der Waals surface area contributed by atoms with Gasteiger partial charge in [0.05, 0.1) is 10.6 Å². The number of hydrogen-bond donors (Lipinski definition) is 2. The number of amides is 2. The van der Waals surface area contributed by atoms with Crippen LogP contribution < -0.4 is 10.6 Å². The molecule has 0 aliphatic carbocycles. The molecule has 1 aromatic carbocycles. The first-order valence-corrected chi connectivity index (χ1v) is 6.19. The lowest BCUT2D eigenvalue weighted by Gasteiger charge is -2.11. The SMILES string of the molecule is CC(C)/C=C/NC(=O)Nc1ccc(Cl)c(C(F)(F)F)c1. The number of carbonyl (C=O) groups excluding carboxylic acids is 1. The summed E-state index contributed by atoms with van der Waals surface area (Å²) in [6.07, 6.45) is -1.40. The van der Waals surface area contributed by atoms with E-state index in [9.17, 15) is 18.0 Å². The van der Waals surface area contributed by atoms with Gasteiger partial charge in [-0.3, -0.25) is 0 Å². The minimum absolute atomic E-state index is 0.0113. The molecule has 1 aromatic rings. The quantitative estimate of drug-likeness (QED) is 0.838. The first kappa shape index (κ1) is 16.4. The number of urea groups is 1. The van der Waals surface area contributed by atoms with Crippen LogP contribution in [-0.4, -0.2) is 6.03 Å². The Hall–Kier alpha value is -1.69. The van der Waals surface area contributed by atoms with Crippen molar-refractivity contribution >= 4 is 23.3 Å². The average Bonchev–Trinajstić information content (AvgIpc) is 2.29. The van der Waals surface area contributed by atoms with Crippen molar-refractivity contribution in [1.82, 2.24) is 5.32 Å². The summed E-state index contributed by atoms with van der Waals surface area (Å²) in [6, 6.07) is 2.54. The number of hydrogen-bond acceptors (Lipinski definition) is 1. The van der Waals surface area contributed by atoms with Crippen LogP contribution in [-0.2, 0) is 6.18 Å². The summed E-state index contributed by atoms with van der Waals surface area (Å²) < 4.78 is 37.9. The van der Waals surface area contributed by atoms with Crippen molar-refractivity contribution in [2.24, 2.45) is 5.92 Å². The van der Waals surface area contributed by atoms with Crippen LogP contribution in [0.4, 0.5) is 23.7 Å². The third-order valence-corrected chi connectivity index (χ3v) is 2.55. The van der Waals surface area contributed by atoms with E-state index in [0.717, 1.165) is 12.1 Å². The van der Waals surface area contributed by atoms with Crippen LogP contribution in [0.25, 0.3) is 0 Å². The van der Waals surface area contributed by atoms with Gasteiger partial charge in [-0.1, -0.05) is 31.5 Å². The van der Waals surface area contributed by atoms with Crippen molar-refractivity contribution in [2.45, 2.75) is 20.0 Å². The Kier molecular flexibility index (Phi) is 5.44. The first-order chi connectivity index (χ1) is 9.20. The van der Waals surface area contributed by atoms with Gasteiger partial charge in [0.1, 0.15) is 0 Å². The normalized spacial score (nSPS) is 11.9. The predicted molar refractivity (Wildman–Crippen MR) is 72.6 cm³/mol. The average molecular weight is 307 g/mol. The Morgan fingerprint density at radius 2 is 2.00 bits per heavy atom. The highest BCUT2D eigenvalue weighted by Gasteiger charge is 2.33. The number of allylic oxidation sites excluding steroid dienone is 1. The Labute approximate surface area is 119 Å². The van der Waals surface area contributed by atoms with Gasteiger partial charge in [0.2, 0.25) is 0 Å². The summed E-state index contributed by atoms with van der Waals surface area (Å²) >= 11 is 5.48. The van der Waals surface area contributed by atoms with Crippen LogP contribution in [0.1, 0.15) is 19.4 Å². The number of alkyl halides is 3. The van der Waals surface area contributed by atoms with Gasteiger partial charge >= 0.3 is 12.2 Å². The monoisotopic (exact) mass is 306 g/mol. The molecule has 0 aliphatic rings. The van der Waals surface area contributed by atoms with Crippen molar-refractivity contribution in [3.63, 3.8) is 0 Å². The van der Waals surface area contributed by atoms with E-state index in [1.165, 1.54) is 12.3 Å². The predicted octanol–water partition coefficient (Wildman–Crippen LogP) is 4.65. The molecule has 0 atom stereocenters. The van der Waals surface area contributed by atoms with E-state index in [-0.39, 0.29) is 11.6 Å². The molecule has 0 saturated heterocycles. The maximum absolute atomic E-state index is 12.6. The zero-order valence-electron chi connectivity index (χ0n) is 10.9. The summed E-state index contributed by atoms with van der Waals surface area (Å²) in [5.41, 5.74) is -0.980. The number of rotatable bonds is 3. The van der Waals surface area contributed by atoms with Crippen LogP contribution >= 0.6 is 11.6 Å². The lowest BCUT2D eigenvalue weighted by Crippen LogP contribution is -2.24. The third-order valence-electron chi connectivity index (χ3n) is 2.23. The van der Waals surface area contributed by atoms with Crippen molar-refractivity contribution in [3.05, 3.63) is 41.1 Å². The molecule has 2 amide bonds. The summed E-state index contributed by atoms with van der Waals surface area (Å²) in [5.74, 6) is 0.252. The topological polar surface area (TPSA) is 41.1 Å². The van der Waals surface area contributed by atoms with Crippen LogP contribution in [0.2, 0.25) is 5.02 Å². The van der Waals surface area contributed by atoms with Crippen LogP contribution in [0.5, 0.6) is 0 Å². The summed E-state index contributed by atoms with van der Waals surface area (Å²) in [6.45, 7) is 3.84. The van der Waals surface area contributed by atoms with Crippen LogP contribution in [0.3, 0.4) is 0 Å². The number of carbonyl (C=O) groups is 1. The van der Waals surface area contributed by atoms with E-state index in [1.807, 2.05) is 13.8 Å². The number of nitrogens with one attached hydrogen (secondary N) is 2. The Morgan fingerprint density at radius 3 is 2.55 bits per heavy atom. The fourth-order valence-corrected chi connectivity index (χ4v) is 1.53. The van der Waals surface area contributed by atoms with Gasteiger partial charge in [-0.2, -0.15) is 13.2 Å². The zero-order valence-corrected chi connectivity index (χ0v) is 11.6.